The molecule has 0 fully saturated rings. The first kappa shape index (κ1) is 24.2. The minimum Gasteiger partial charge on any atom is -0.423 e. The molecule has 0 radical (unpaired) electrons. The number of carbonyl (C=O) groups excluding carboxylic acids is 2. The Labute approximate surface area is 171 Å². The Balaban J connectivity index is 2.31. The molecule has 28 heavy (non-hydrogen) atoms. The van der Waals surface area contributed by atoms with Gasteiger partial charge >= 0.3 is 11.9 Å². The van der Waals surface area contributed by atoms with Crippen LogP contribution in [0, 0.1) is 0 Å². The molecule has 0 saturated carbocycles. The summed E-state index contributed by atoms with van der Waals surface area (Å²) in [6, 6.07) is 6.90. The Kier molecular flexibility index (Phi) is 14.0. The van der Waals surface area contributed by atoms with Gasteiger partial charge in [0.2, 0.25) is 0 Å². The van der Waals surface area contributed by atoms with Crippen molar-refractivity contribution in [3.8, 4) is 11.5 Å². The van der Waals surface area contributed by atoms with Gasteiger partial charge in [-0.1, -0.05) is 90.2 Å². The van der Waals surface area contributed by atoms with Gasteiger partial charge in [-0.05, 0) is 25.0 Å². The highest BCUT2D eigenvalue weighted by Crippen LogP contribution is 2.27. The van der Waals surface area contributed by atoms with Gasteiger partial charge in [0.05, 0.1) is 0 Å². The minimum absolute atomic E-state index is 0.267. The zero-order valence-electron chi connectivity index (χ0n) is 17.8. The molecule has 1 aromatic rings. The van der Waals surface area contributed by atoms with Gasteiger partial charge < -0.3 is 9.47 Å². The monoisotopic (exact) mass is 390 g/mol. The zero-order valence-corrected chi connectivity index (χ0v) is 17.8. The second kappa shape index (κ2) is 16.1. The van der Waals surface area contributed by atoms with Gasteiger partial charge in [-0.25, -0.2) is 0 Å². The van der Waals surface area contributed by atoms with Crippen LogP contribution in [0.4, 0.5) is 0 Å². The predicted octanol–water partition coefficient (Wildman–Crippen LogP) is 7.00. The number of hydrogen-bond donors (Lipinski definition) is 0. The van der Waals surface area contributed by atoms with Crippen LogP contribution in [-0.2, 0) is 9.59 Å². The van der Waals surface area contributed by atoms with Gasteiger partial charge in [0.15, 0.2) is 11.5 Å². The molecule has 0 N–H and O–H groups in total. The summed E-state index contributed by atoms with van der Waals surface area (Å²) in [5, 5.41) is 0. The fraction of sp³-hybridized carbons (Fsp3) is 0.667. The lowest BCUT2D eigenvalue weighted by molar-refractivity contribution is -0.137. The molecule has 0 amide bonds. The largest absolute Gasteiger partial charge is 0.423 e. The van der Waals surface area contributed by atoms with Crippen LogP contribution in [0.5, 0.6) is 11.5 Å². The fourth-order valence-electron chi connectivity index (χ4n) is 3.07. The van der Waals surface area contributed by atoms with Crippen molar-refractivity contribution in [2.45, 2.75) is 104 Å². The quantitative estimate of drug-likeness (QED) is 0.173. The van der Waals surface area contributed by atoms with E-state index in [1.165, 1.54) is 44.9 Å². The molecule has 1 rings (SSSR count). The van der Waals surface area contributed by atoms with Crippen LogP contribution in [-0.4, -0.2) is 11.9 Å². The molecular weight excluding hydrogens is 352 g/mol. The van der Waals surface area contributed by atoms with E-state index >= 15 is 0 Å². The lowest BCUT2D eigenvalue weighted by atomic mass is 10.1. The van der Waals surface area contributed by atoms with Crippen LogP contribution >= 0.6 is 0 Å². The van der Waals surface area contributed by atoms with Gasteiger partial charge in [-0.3, -0.25) is 9.59 Å². The summed E-state index contributed by atoms with van der Waals surface area (Å²) in [7, 11) is 0. The molecule has 0 heterocycles. The summed E-state index contributed by atoms with van der Waals surface area (Å²) in [4.78, 5) is 24.1. The van der Waals surface area contributed by atoms with Crippen molar-refractivity contribution < 1.29 is 19.1 Å². The average molecular weight is 391 g/mol. The smallest absolute Gasteiger partial charge is 0.311 e. The second-order valence-corrected chi connectivity index (χ2v) is 7.43. The molecule has 4 nitrogen and oxygen atoms in total. The fourth-order valence-corrected chi connectivity index (χ4v) is 3.07. The van der Waals surface area contributed by atoms with Crippen molar-refractivity contribution in [2.24, 2.45) is 0 Å². The summed E-state index contributed by atoms with van der Waals surface area (Å²) >= 11 is 0. The van der Waals surface area contributed by atoms with Crippen LogP contribution in [0.15, 0.2) is 24.3 Å². The molecule has 0 unspecified atom stereocenters. The van der Waals surface area contributed by atoms with Crippen LogP contribution in [0.1, 0.15) is 104 Å². The number of ether oxygens (including phenoxy) is 2. The lowest BCUT2D eigenvalue weighted by Gasteiger charge is -2.10. The zero-order chi connectivity index (χ0) is 20.5. The molecule has 158 valence electrons. The summed E-state index contributed by atoms with van der Waals surface area (Å²) in [6.07, 6.45) is 14.3. The minimum atomic E-state index is -0.271. The molecule has 0 atom stereocenters. The second-order valence-electron chi connectivity index (χ2n) is 7.43. The Morgan fingerprint density at radius 2 is 0.964 bits per heavy atom. The van der Waals surface area contributed by atoms with E-state index < -0.39 is 0 Å². The molecule has 0 aliphatic rings. The van der Waals surface area contributed by atoms with Crippen molar-refractivity contribution in [1.29, 1.82) is 0 Å². The highest BCUT2D eigenvalue weighted by atomic mass is 16.6. The maximum Gasteiger partial charge on any atom is 0.311 e. The number of para-hydroxylation sites is 2. The average Bonchev–Trinajstić information content (AvgIpc) is 2.68. The van der Waals surface area contributed by atoms with E-state index in [-0.39, 0.29) is 11.9 Å². The van der Waals surface area contributed by atoms with Crippen LogP contribution in [0.3, 0.4) is 0 Å². The van der Waals surface area contributed by atoms with E-state index in [1.807, 2.05) is 0 Å². The van der Waals surface area contributed by atoms with Crippen molar-refractivity contribution in [3.63, 3.8) is 0 Å². The van der Waals surface area contributed by atoms with Crippen molar-refractivity contribution in [2.75, 3.05) is 0 Å². The van der Waals surface area contributed by atoms with E-state index in [1.54, 1.807) is 24.3 Å². The standard InChI is InChI=1S/C24H38O4/c1-3-5-7-9-10-12-14-20-24(26)28-22-18-16-15-17-21(22)27-23(25)19-13-11-8-6-4-2/h15-18H,3-14,19-20H2,1-2H3. The first-order valence-corrected chi connectivity index (χ1v) is 11.2. The van der Waals surface area contributed by atoms with Gasteiger partial charge in [0.25, 0.3) is 0 Å². The number of esters is 2. The number of unbranched alkanes of at least 4 members (excludes halogenated alkanes) is 10. The van der Waals surface area contributed by atoms with E-state index in [2.05, 4.69) is 13.8 Å². The molecule has 0 spiro atoms. The van der Waals surface area contributed by atoms with Gasteiger partial charge in [-0.2, -0.15) is 0 Å². The van der Waals surface area contributed by atoms with Crippen LogP contribution in [0.2, 0.25) is 0 Å². The van der Waals surface area contributed by atoms with E-state index in [0.29, 0.717) is 24.3 Å². The Morgan fingerprint density at radius 3 is 1.36 bits per heavy atom. The van der Waals surface area contributed by atoms with Crippen LogP contribution < -0.4 is 9.47 Å². The number of rotatable bonds is 16. The Hall–Kier alpha value is -1.84. The lowest BCUT2D eigenvalue weighted by Crippen LogP contribution is -2.12. The first-order valence-electron chi connectivity index (χ1n) is 11.2. The molecule has 4 heteroatoms. The number of carbonyl (C=O) groups is 2. The summed E-state index contributed by atoms with van der Waals surface area (Å²) in [5.41, 5.74) is 0. The maximum absolute atomic E-state index is 12.1. The van der Waals surface area contributed by atoms with Crippen molar-refractivity contribution in [3.05, 3.63) is 24.3 Å². The molecule has 0 bridgehead atoms. The summed E-state index contributed by atoms with van der Waals surface area (Å²) in [5.74, 6) is 0.118. The van der Waals surface area contributed by atoms with Crippen molar-refractivity contribution >= 4 is 11.9 Å². The van der Waals surface area contributed by atoms with E-state index in [9.17, 15) is 9.59 Å². The van der Waals surface area contributed by atoms with Gasteiger partial charge in [0, 0.05) is 12.8 Å². The maximum atomic E-state index is 12.1. The van der Waals surface area contributed by atoms with Crippen LogP contribution in [0.25, 0.3) is 0 Å². The molecule has 0 saturated heterocycles. The molecule has 0 aliphatic heterocycles. The predicted molar refractivity (Wildman–Crippen MR) is 114 cm³/mol. The third kappa shape index (κ3) is 11.8. The summed E-state index contributed by atoms with van der Waals surface area (Å²) in [6.45, 7) is 4.37. The Morgan fingerprint density at radius 1 is 0.607 bits per heavy atom. The SMILES string of the molecule is CCCCCCCCCC(=O)Oc1ccccc1OC(=O)CCCCCCC. The highest BCUT2D eigenvalue weighted by molar-refractivity contribution is 5.76. The topological polar surface area (TPSA) is 52.6 Å². The number of hydrogen-bond acceptors (Lipinski definition) is 4. The molecule has 0 aliphatic carbocycles. The third-order valence-electron chi connectivity index (χ3n) is 4.77. The Bertz CT molecular complexity index is 553. The molecule has 0 aromatic heterocycles. The first-order chi connectivity index (χ1) is 13.7. The molecule has 1 aromatic carbocycles. The number of benzene rings is 1. The van der Waals surface area contributed by atoms with Crippen molar-refractivity contribution in [1.82, 2.24) is 0 Å². The van der Waals surface area contributed by atoms with Gasteiger partial charge in [-0.15, -0.1) is 0 Å². The third-order valence-corrected chi connectivity index (χ3v) is 4.77. The summed E-state index contributed by atoms with van der Waals surface area (Å²) < 4.78 is 10.9. The normalized spacial score (nSPS) is 10.6. The van der Waals surface area contributed by atoms with E-state index in [4.69, 9.17) is 9.47 Å². The van der Waals surface area contributed by atoms with E-state index in [0.717, 1.165) is 32.1 Å². The molecular formula is C24H38O4. The highest BCUT2D eigenvalue weighted by Gasteiger charge is 2.13. The van der Waals surface area contributed by atoms with Gasteiger partial charge in [0.1, 0.15) is 0 Å².